The van der Waals surface area contributed by atoms with E-state index in [9.17, 15) is 4.79 Å². The maximum atomic E-state index is 12.1. The molecule has 1 N–H and O–H groups in total. The molecule has 102 valence electrons. The fraction of sp³-hybridized carbons (Fsp3) is 0.0769. The average molecular weight is 326 g/mol. The number of anilines is 1. The number of carbonyl (C=O) groups is 1. The third-order valence-electron chi connectivity index (χ3n) is 2.68. The van der Waals surface area contributed by atoms with Crippen LogP contribution in [0.3, 0.4) is 0 Å². The predicted molar refractivity (Wildman–Crippen MR) is 82.2 cm³/mol. The molecule has 4 nitrogen and oxygen atoms in total. The van der Waals surface area contributed by atoms with Gasteiger partial charge in [-0.25, -0.2) is 4.98 Å². The second kappa shape index (κ2) is 5.09. The quantitative estimate of drug-likeness (QED) is 0.765. The van der Waals surface area contributed by atoms with Gasteiger partial charge in [0.05, 0.1) is 10.7 Å². The van der Waals surface area contributed by atoms with Crippen LogP contribution in [0, 0.1) is 6.92 Å². The van der Waals surface area contributed by atoms with E-state index in [2.05, 4.69) is 10.3 Å². The summed E-state index contributed by atoms with van der Waals surface area (Å²) < 4.78 is 1.83. The van der Waals surface area contributed by atoms with Crippen LogP contribution >= 0.6 is 34.5 Å². The topological polar surface area (TPSA) is 46.4 Å². The molecule has 0 saturated carbocycles. The molecule has 7 heteroatoms. The Labute approximate surface area is 129 Å². The van der Waals surface area contributed by atoms with E-state index in [-0.39, 0.29) is 5.91 Å². The Morgan fingerprint density at radius 1 is 1.35 bits per heavy atom. The maximum Gasteiger partial charge on any atom is 0.275 e. The molecule has 0 fully saturated rings. The van der Waals surface area contributed by atoms with E-state index in [1.165, 1.54) is 11.3 Å². The zero-order valence-corrected chi connectivity index (χ0v) is 12.7. The van der Waals surface area contributed by atoms with Gasteiger partial charge in [-0.1, -0.05) is 23.2 Å². The van der Waals surface area contributed by atoms with Crippen LogP contribution in [0.15, 0.2) is 30.6 Å². The first-order valence-electron chi connectivity index (χ1n) is 5.74. The Morgan fingerprint density at radius 2 is 2.15 bits per heavy atom. The van der Waals surface area contributed by atoms with Gasteiger partial charge < -0.3 is 5.32 Å². The van der Waals surface area contributed by atoms with Gasteiger partial charge >= 0.3 is 0 Å². The Balaban J connectivity index is 1.86. The van der Waals surface area contributed by atoms with E-state index in [0.717, 1.165) is 9.84 Å². The molecule has 0 aliphatic rings. The van der Waals surface area contributed by atoms with Gasteiger partial charge in [-0.2, -0.15) is 0 Å². The van der Waals surface area contributed by atoms with Crippen molar-refractivity contribution < 1.29 is 4.79 Å². The molecule has 2 heterocycles. The zero-order chi connectivity index (χ0) is 14.3. The van der Waals surface area contributed by atoms with E-state index in [0.29, 0.717) is 21.4 Å². The number of nitrogens with zero attached hydrogens (tertiary/aromatic N) is 2. The van der Waals surface area contributed by atoms with Crippen molar-refractivity contribution >= 4 is 51.1 Å². The number of fused-ring (bicyclic) bond motifs is 1. The molecule has 0 aliphatic heterocycles. The van der Waals surface area contributed by atoms with Gasteiger partial charge in [-0.15, -0.1) is 11.3 Å². The number of carbonyl (C=O) groups excluding carboxylic acids is 1. The number of hydrogen-bond donors (Lipinski definition) is 1. The maximum absolute atomic E-state index is 12.1. The smallest absolute Gasteiger partial charge is 0.275 e. The Hall–Kier alpha value is -1.56. The molecule has 0 unspecified atom stereocenters. The summed E-state index contributed by atoms with van der Waals surface area (Å²) in [4.78, 5) is 18.3. The zero-order valence-electron chi connectivity index (χ0n) is 10.4. The Morgan fingerprint density at radius 3 is 2.85 bits per heavy atom. The largest absolute Gasteiger partial charge is 0.319 e. The van der Waals surface area contributed by atoms with Gasteiger partial charge in [0.1, 0.15) is 5.69 Å². The number of rotatable bonds is 2. The number of halogens is 2. The van der Waals surface area contributed by atoms with Gasteiger partial charge in [0.25, 0.3) is 5.91 Å². The molecule has 0 bridgehead atoms. The Kier molecular flexibility index (Phi) is 3.41. The van der Waals surface area contributed by atoms with Gasteiger partial charge in [0, 0.05) is 22.3 Å². The highest BCUT2D eigenvalue weighted by molar-refractivity contribution is 7.17. The number of hydrogen-bond acceptors (Lipinski definition) is 3. The number of imidazole rings is 1. The molecule has 1 aromatic carbocycles. The normalized spacial score (nSPS) is 10.9. The van der Waals surface area contributed by atoms with Crippen molar-refractivity contribution in [3.05, 3.63) is 51.2 Å². The average Bonchev–Trinajstić information content (AvgIpc) is 2.89. The van der Waals surface area contributed by atoms with Crippen LogP contribution in [0.1, 0.15) is 15.4 Å². The summed E-state index contributed by atoms with van der Waals surface area (Å²) in [5, 5.41) is 3.63. The first-order valence-corrected chi connectivity index (χ1v) is 7.32. The molecular weight excluding hydrogens is 317 g/mol. The molecule has 3 aromatic rings. The van der Waals surface area contributed by atoms with Crippen LogP contribution in [0.25, 0.3) is 4.96 Å². The summed E-state index contributed by atoms with van der Waals surface area (Å²) in [6.07, 6.45) is 3.62. The lowest BCUT2D eigenvalue weighted by Crippen LogP contribution is -2.12. The number of benzene rings is 1. The second-order valence-electron chi connectivity index (χ2n) is 4.24. The van der Waals surface area contributed by atoms with E-state index in [1.807, 2.05) is 17.5 Å². The van der Waals surface area contributed by atoms with E-state index < -0.39 is 0 Å². The van der Waals surface area contributed by atoms with E-state index in [4.69, 9.17) is 23.2 Å². The molecule has 0 radical (unpaired) electrons. The fourth-order valence-electron chi connectivity index (χ4n) is 1.80. The van der Waals surface area contributed by atoms with Crippen molar-refractivity contribution in [3.8, 4) is 0 Å². The van der Waals surface area contributed by atoms with E-state index in [1.54, 1.807) is 24.4 Å². The number of amides is 1. The SMILES string of the molecule is Cc1cn2cc(C(=O)Nc3ccc(Cl)cc3Cl)nc2s1. The molecule has 0 saturated heterocycles. The minimum atomic E-state index is -0.303. The minimum Gasteiger partial charge on any atom is -0.319 e. The first kappa shape index (κ1) is 13.4. The lowest BCUT2D eigenvalue weighted by atomic mass is 10.3. The molecule has 0 atom stereocenters. The summed E-state index contributed by atoms with van der Waals surface area (Å²) in [6, 6.07) is 4.90. The van der Waals surface area contributed by atoms with Crippen molar-refractivity contribution in [2.75, 3.05) is 5.32 Å². The first-order chi connectivity index (χ1) is 9.52. The standard InChI is InChI=1S/C13H9Cl2N3OS/c1-7-5-18-6-11(17-13(18)20-7)12(19)16-10-3-2-8(14)4-9(10)15/h2-6H,1H3,(H,16,19). The van der Waals surface area contributed by atoms with Gasteiger partial charge in [0.2, 0.25) is 0 Å². The summed E-state index contributed by atoms with van der Waals surface area (Å²) in [5.74, 6) is -0.303. The minimum absolute atomic E-state index is 0.303. The van der Waals surface area contributed by atoms with Crippen LogP contribution < -0.4 is 5.32 Å². The second-order valence-corrected chi connectivity index (χ2v) is 6.29. The molecular formula is C13H9Cl2N3OS. The molecule has 1 amide bonds. The summed E-state index contributed by atoms with van der Waals surface area (Å²) in [6.45, 7) is 1.99. The number of aromatic nitrogens is 2. The highest BCUT2D eigenvalue weighted by atomic mass is 35.5. The van der Waals surface area contributed by atoms with Crippen LogP contribution in [0.4, 0.5) is 5.69 Å². The molecule has 20 heavy (non-hydrogen) atoms. The summed E-state index contributed by atoms with van der Waals surface area (Å²) in [7, 11) is 0. The van der Waals surface area contributed by atoms with Crippen LogP contribution in [-0.2, 0) is 0 Å². The number of aryl methyl sites for hydroxylation is 1. The molecule has 0 spiro atoms. The Bertz CT molecular complexity index is 778. The summed E-state index contributed by atoms with van der Waals surface area (Å²) in [5.41, 5.74) is 0.857. The lowest BCUT2D eigenvalue weighted by Gasteiger charge is -2.05. The van der Waals surface area contributed by atoms with Crippen molar-refractivity contribution in [1.82, 2.24) is 9.38 Å². The van der Waals surface area contributed by atoms with Gasteiger partial charge in [-0.3, -0.25) is 9.20 Å². The van der Waals surface area contributed by atoms with Crippen molar-refractivity contribution in [2.24, 2.45) is 0 Å². The summed E-state index contributed by atoms with van der Waals surface area (Å²) >= 11 is 13.4. The van der Waals surface area contributed by atoms with Crippen molar-refractivity contribution in [2.45, 2.75) is 6.92 Å². The molecule has 2 aromatic heterocycles. The highest BCUT2D eigenvalue weighted by Gasteiger charge is 2.13. The number of thiazole rings is 1. The predicted octanol–water partition coefficient (Wildman–Crippen LogP) is 4.26. The highest BCUT2D eigenvalue weighted by Crippen LogP contribution is 2.26. The third-order valence-corrected chi connectivity index (χ3v) is 4.14. The third kappa shape index (κ3) is 2.52. The monoisotopic (exact) mass is 325 g/mol. The lowest BCUT2D eigenvalue weighted by molar-refractivity contribution is 0.102. The van der Waals surface area contributed by atoms with Crippen LogP contribution in [0.2, 0.25) is 10.0 Å². The van der Waals surface area contributed by atoms with Crippen molar-refractivity contribution in [1.29, 1.82) is 0 Å². The van der Waals surface area contributed by atoms with E-state index >= 15 is 0 Å². The van der Waals surface area contributed by atoms with Crippen LogP contribution in [-0.4, -0.2) is 15.3 Å². The van der Waals surface area contributed by atoms with Crippen molar-refractivity contribution in [3.63, 3.8) is 0 Å². The molecule has 3 rings (SSSR count). The molecule has 0 aliphatic carbocycles. The van der Waals surface area contributed by atoms with Gasteiger partial charge in [-0.05, 0) is 25.1 Å². The number of nitrogens with one attached hydrogen (secondary N) is 1. The van der Waals surface area contributed by atoms with Crippen LogP contribution in [0.5, 0.6) is 0 Å². The fourth-order valence-corrected chi connectivity index (χ4v) is 3.06. The van der Waals surface area contributed by atoms with Gasteiger partial charge in [0.15, 0.2) is 4.96 Å².